The van der Waals surface area contributed by atoms with Gasteiger partial charge < -0.3 is 5.11 Å². The highest BCUT2D eigenvalue weighted by molar-refractivity contribution is 6.03. The van der Waals surface area contributed by atoms with Crippen molar-refractivity contribution < 1.29 is 5.11 Å². The lowest BCUT2D eigenvalue weighted by atomic mass is 9.91. The number of hydrogen-bond donors (Lipinski definition) is 1. The monoisotopic (exact) mass is 296 g/mol. The van der Waals surface area contributed by atoms with Crippen molar-refractivity contribution >= 4 is 27.6 Å². The van der Waals surface area contributed by atoms with E-state index in [0.29, 0.717) is 0 Å². The Morgan fingerprint density at radius 1 is 0.565 bits per heavy atom. The second-order valence-corrected chi connectivity index (χ2v) is 5.59. The minimum Gasteiger partial charge on any atom is -0.516 e. The highest BCUT2D eigenvalue weighted by Gasteiger charge is 2.10. The van der Waals surface area contributed by atoms with Gasteiger partial charge in [-0.05, 0) is 44.3 Å². The number of hydrogen-bond acceptors (Lipinski definition) is 1. The highest BCUT2D eigenvalue weighted by Crippen LogP contribution is 2.35. The molecule has 0 atom stereocenters. The van der Waals surface area contributed by atoms with Crippen molar-refractivity contribution in [3.63, 3.8) is 0 Å². The number of benzene rings is 4. The van der Waals surface area contributed by atoms with E-state index in [1.54, 1.807) is 6.08 Å². The summed E-state index contributed by atoms with van der Waals surface area (Å²) in [5, 5.41) is 14.1. The van der Waals surface area contributed by atoms with E-state index >= 15 is 0 Å². The van der Waals surface area contributed by atoms with Crippen molar-refractivity contribution in [2.45, 2.75) is 0 Å². The first-order chi connectivity index (χ1) is 11.4. The Hall–Kier alpha value is -3.06. The SMILES string of the molecule is OC=Cc1c(-c2cccc3ccccc23)ccc2ccccc12. The molecule has 110 valence electrons. The predicted molar refractivity (Wildman–Crippen MR) is 98.6 cm³/mol. The van der Waals surface area contributed by atoms with Gasteiger partial charge in [0.05, 0.1) is 6.26 Å². The van der Waals surface area contributed by atoms with Crippen LogP contribution in [0.15, 0.2) is 85.1 Å². The van der Waals surface area contributed by atoms with Gasteiger partial charge in [-0.2, -0.15) is 0 Å². The van der Waals surface area contributed by atoms with E-state index in [1.165, 1.54) is 21.7 Å². The van der Waals surface area contributed by atoms with Gasteiger partial charge in [-0.1, -0.05) is 78.9 Å². The van der Waals surface area contributed by atoms with Crippen LogP contribution in [0.4, 0.5) is 0 Å². The maximum absolute atomic E-state index is 9.38. The fourth-order valence-corrected chi connectivity index (χ4v) is 3.24. The lowest BCUT2D eigenvalue weighted by Crippen LogP contribution is -1.88. The Kier molecular flexibility index (Phi) is 3.32. The molecule has 0 unspecified atom stereocenters. The molecular weight excluding hydrogens is 280 g/mol. The van der Waals surface area contributed by atoms with Gasteiger partial charge in [-0.25, -0.2) is 0 Å². The van der Waals surface area contributed by atoms with Crippen LogP contribution in [0.5, 0.6) is 0 Å². The first kappa shape index (κ1) is 13.6. The molecule has 1 heteroatoms. The van der Waals surface area contributed by atoms with Gasteiger partial charge >= 0.3 is 0 Å². The van der Waals surface area contributed by atoms with Crippen LogP contribution in [-0.4, -0.2) is 5.11 Å². The summed E-state index contributed by atoms with van der Waals surface area (Å²) < 4.78 is 0. The van der Waals surface area contributed by atoms with Gasteiger partial charge in [0.1, 0.15) is 0 Å². The fraction of sp³-hybridized carbons (Fsp3) is 0. The van der Waals surface area contributed by atoms with Crippen LogP contribution < -0.4 is 0 Å². The van der Waals surface area contributed by atoms with Crippen LogP contribution in [0, 0.1) is 0 Å². The number of aliphatic hydroxyl groups is 1. The number of fused-ring (bicyclic) bond motifs is 2. The van der Waals surface area contributed by atoms with Crippen molar-refractivity contribution in [2.24, 2.45) is 0 Å². The smallest absolute Gasteiger partial charge is 0.0798 e. The minimum absolute atomic E-state index is 1.04. The summed E-state index contributed by atoms with van der Waals surface area (Å²) in [4.78, 5) is 0. The lowest BCUT2D eigenvalue weighted by Gasteiger charge is -2.13. The van der Waals surface area contributed by atoms with Crippen LogP contribution in [0.3, 0.4) is 0 Å². The van der Waals surface area contributed by atoms with Gasteiger partial charge in [0, 0.05) is 0 Å². The molecule has 0 aromatic heterocycles. The van der Waals surface area contributed by atoms with Gasteiger partial charge in [0.2, 0.25) is 0 Å². The standard InChI is InChI=1S/C22H16O/c23-15-14-22-19-10-4-2-7-17(19)12-13-21(22)20-11-5-8-16-6-1-3-9-18(16)20/h1-15,23H. The zero-order chi connectivity index (χ0) is 15.6. The number of rotatable bonds is 2. The molecule has 0 spiro atoms. The van der Waals surface area contributed by atoms with Crippen LogP contribution in [0.2, 0.25) is 0 Å². The molecule has 1 nitrogen and oxygen atoms in total. The first-order valence-electron chi connectivity index (χ1n) is 7.69. The molecule has 0 aliphatic rings. The topological polar surface area (TPSA) is 20.2 Å². The summed E-state index contributed by atoms with van der Waals surface area (Å²) in [7, 11) is 0. The summed E-state index contributed by atoms with van der Waals surface area (Å²) in [6, 6.07) is 27.3. The Balaban J connectivity index is 2.10. The zero-order valence-electron chi connectivity index (χ0n) is 12.6. The predicted octanol–water partition coefficient (Wildman–Crippen LogP) is 6.19. The van der Waals surface area contributed by atoms with Crippen LogP contribution in [0.25, 0.3) is 38.7 Å². The molecule has 4 aromatic rings. The van der Waals surface area contributed by atoms with Crippen molar-refractivity contribution in [3.8, 4) is 11.1 Å². The van der Waals surface area contributed by atoms with Crippen molar-refractivity contribution in [1.82, 2.24) is 0 Å². The van der Waals surface area contributed by atoms with Crippen molar-refractivity contribution in [1.29, 1.82) is 0 Å². The summed E-state index contributed by atoms with van der Waals surface area (Å²) in [5.41, 5.74) is 3.36. The highest BCUT2D eigenvalue weighted by atomic mass is 16.2. The molecule has 0 amide bonds. The average molecular weight is 296 g/mol. The molecule has 0 saturated carbocycles. The summed E-state index contributed by atoms with van der Waals surface area (Å²) >= 11 is 0. The van der Waals surface area contributed by atoms with Crippen LogP contribution in [-0.2, 0) is 0 Å². The van der Waals surface area contributed by atoms with E-state index in [9.17, 15) is 5.11 Å². The van der Waals surface area contributed by atoms with E-state index in [0.717, 1.165) is 22.8 Å². The Morgan fingerprint density at radius 2 is 1.22 bits per heavy atom. The molecule has 0 fully saturated rings. The minimum atomic E-state index is 1.04. The lowest BCUT2D eigenvalue weighted by molar-refractivity contribution is 0.478. The maximum atomic E-state index is 9.38. The van der Waals surface area contributed by atoms with E-state index < -0.39 is 0 Å². The van der Waals surface area contributed by atoms with Gasteiger partial charge in [-0.3, -0.25) is 0 Å². The van der Waals surface area contributed by atoms with Gasteiger partial charge in [-0.15, -0.1) is 0 Å². The third kappa shape index (κ3) is 2.27. The Morgan fingerprint density at radius 3 is 2.00 bits per heavy atom. The molecule has 4 rings (SSSR count). The molecule has 23 heavy (non-hydrogen) atoms. The maximum Gasteiger partial charge on any atom is 0.0798 e. The van der Waals surface area contributed by atoms with E-state index in [2.05, 4.69) is 66.7 Å². The molecule has 0 saturated heterocycles. The molecule has 0 radical (unpaired) electrons. The quantitative estimate of drug-likeness (QED) is 0.437. The van der Waals surface area contributed by atoms with E-state index in [-0.39, 0.29) is 0 Å². The molecule has 0 heterocycles. The Labute approximate surface area is 135 Å². The fourth-order valence-electron chi connectivity index (χ4n) is 3.24. The van der Waals surface area contributed by atoms with Crippen LogP contribution >= 0.6 is 0 Å². The normalized spacial score (nSPS) is 11.5. The molecular formula is C22H16O. The van der Waals surface area contributed by atoms with Crippen molar-refractivity contribution in [3.05, 3.63) is 90.7 Å². The third-order valence-electron chi connectivity index (χ3n) is 4.29. The second-order valence-electron chi connectivity index (χ2n) is 5.59. The van der Waals surface area contributed by atoms with E-state index in [4.69, 9.17) is 0 Å². The molecule has 1 N–H and O–H groups in total. The van der Waals surface area contributed by atoms with Crippen LogP contribution in [0.1, 0.15) is 5.56 Å². The average Bonchev–Trinajstić information content (AvgIpc) is 2.62. The molecule has 0 aliphatic heterocycles. The van der Waals surface area contributed by atoms with Gasteiger partial charge in [0.25, 0.3) is 0 Å². The molecule has 0 aliphatic carbocycles. The first-order valence-corrected chi connectivity index (χ1v) is 7.69. The second kappa shape index (κ2) is 5.62. The zero-order valence-corrected chi connectivity index (χ0v) is 12.6. The summed E-state index contributed by atoms with van der Waals surface area (Å²) in [5.74, 6) is 0. The molecule has 0 bridgehead atoms. The third-order valence-corrected chi connectivity index (χ3v) is 4.29. The van der Waals surface area contributed by atoms with Gasteiger partial charge in [0.15, 0.2) is 0 Å². The summed E-state index contributed by atoms with van der Waals surface area (Å²) in [6.07, 6.45) is 2.90. The summed E-state index contributed by atoms with van der Waals surface area (Å²) in [6.45, 7) is 0. The largest absolute Gasteiger partial charge is 0.516 e. The Bertz CT molecular complexity index is 1020. The molecule has 4 aromatic carbocycles. The van der Waals surface area contributed by atoms with Crippen molar-refractivity contribution in [2.75, 3.05) is 0 Å². The van der Waals surface area contributed by atoms with E-state index in [1.807, 2.05) is 12.1 Å². The number of aliphatic hydroxyl groups excluding tert-OH is 1.